The summed E-state index contributed by atoms with van der Waals surface area (Å²) in [6, 6.07) is 8.74. The number of ether oxygens (including phenoxy) is 1. The molecule has 0 saturated carbocycles. The lowest BCUT2D eigenvalue weighted by atomic mass is 10.3. The van der Waals surface area contributed by atoms with Gasteiger partial charge in [-0.25, -0.2) is 14.8 Å². The Bertz CT molecular complexity index is 950. The summed E-state index contributed by atoms with van der Waals surface area (Å²) in [5, 5.41) is 0. The van der Waals surface area contributed by atoms with E-state index in [2.05, 4.69) is 9.97 Å². The van der Waals surface area contributed by atoms with Gasteiger partial charge in [-0.1, -0.05) is 12.1 Å². The smallest absolute Gasteiger partial charge is 0.420 e. The molecule has 25 heavy (non-hydrogen) atoms. The quantitative estimate of drug-likeness (QED) is 0.705. The number of likely N-dealkylation sites (tertiary alicyclic amines) is 1. The highest BCUT2D eigenvalue weighted by atomic mass is 16.5. The van der Waals surface area contributed by atoms with E-state index in [1.807, 2.05) is 0 Å². The molecule has 0 radical (unpaired) electrons. The molecule has 8 heteroatoms. The number of carbonyl (C=O) groups excluding carboxylic acids is 1. The van der Waals surface area contributed by atoms with Gasteiger partial charge >= 0.3 is 5.76 Å². The van der Waals surface area contributed by atoms with E-state index in [9.17, 15) is 9.59 Å². The minimum atomic E-state index is -0.525. The summed E-state index contributed by atoms with van der Waals surface area (Å²) in [6.45, 7) is 1.00. The van der Waals surface area contributed by atoms with Crippen LogP contribution in [-0.4, -0.2) is 44.5 Å². The van der Waals surface area contributed by atoms with Gasteiger partial charge in [0.1, 0.15) is 19.0 Å². The molecule has 1 amide bonds. The number of hydrogen-bond acceptors (Lipinski definition) is 6. The molecule has 1 aliphatic rings. The van der Waals surface area contributed by atoms with E-state index in [1.165, 1.54) is 10.9 Å². The number of benzene rings is 1. The fourth-order valence-electron chi connectivity index (χ4n) is 2.97. The largest absolute Gasteiger partial charge is 0.472 e. The van der Waals surface area contributed by atoms with Crippen molar-refractivity contribution >= 4 is 17.0 Å². The Morgan fingerprint density at radius 3 is 3.04 bits per heavy atom. The van der Waals surface area contributed by atoms with Crippen molar-refractivity contribution in [2.45, 2.75) is 19.1 Å². The maximum atomic E-state index is 12.5. The first-order valence-corrected chi connectivity index (χ1v) is 7.99. The van der Waals surface area contributed by atoms with E-state index in [-0.39, 0.29) is 18.6 Å². The standard InChI is InChI=1S/C17H16N4O4/c22-16(10-21-13-3-1-2-4-14(13)25-17(21)23)20-8-6-12(9-20)24-15-5-7-18-11-19-15/h1-5,7,11-12H,6,8-10H2/t12-/m1/s1. The second-order valence-electron chi connectivity index (χ2n) is 5.84. The maximum Gasteiger partial charge on any atom is 0.420 e. The number of nitrogens with zero attached hydrogens (tertiary/aromatic N) is 4. The predicted octanol–water partition coefficient (Wildman–Crippen LogP) is 1.06. The van der Waals surface area contributed by atoms with Crippen molar-refractivity contribution < 1.29 is 13.9 Å². The summed E-state index contributed by atoms with van der Waals surface area (Å²) in [5.74, 6) is -0.170. The normalized spacial score (nSPS) is 17.1. The van der Waals surface area contributed by atoms with Gasteiger partial charge in [-0.3, -0.25) is 9.36 Å². The summed E-state index contributed by atoms with van der Waals surface area (Å²) in [7, 11) is 0. The van der Waals surface area contributed by atoms with Crippen molar-refractivity contribution in [1.29, 1.82) is 0 Å². The molecule has 1 fully saturated rings. The third-order valence-corrected chi connectivity index (χ3v) is 4.21. The molecule has 3 heterocycles. The first kappa shape index (κ1) is 15.4. The zero-order valence-electron chi connectivity index (χ0n) is 13.4. The molecule has 0 bridgehead atoms. The van der Waals surface area contributed by atoms with Gasteiger partial charge in [0.25, 0.3) is 0 Å². The van der Waals surface area contributed by atoms with Crippen LogP contribution in [-0.2, 0) is 11.3 Å². The van der Waals surface area contributed by atoms with Crippen molar-refractivity contribution in [3.05, 3.63) is 53.4 Å². The fraction of sp³-hybridized carbons (Fsp3) is 0.294. The molecule has 8 nitrogen and oxygen atoms in total. The van der Waals surface area contributed by atoms with Crippen molar-refractivity contribution in [2.24, 2.45) is 0 Å². The van der Waals surface area contributed by atoms with Crippen molar-refractivity contribution in [1.82, 2.24) is 19.4 Å². The predicted molar refractivity (Wildman–Crippen MR) is 88.1 cm³/mol. The third kappa shape index (κ3) is 3.10. The molecule has 1 atom stereocenters. The monoisotopic (exact) mass is 340 g/mol. The zero-order valence-corrected chi connectivity index (χ0v) is 13.4. The molecule has 0 aliphatic carbocycles. The van der Waals surface area contributed by atoms with E-state index in [0.29, 0.717) is 30.1 Å². The first-order chi connectivity index (χ1) is 12.2. The number of rotatable bonds is 4. The highest BCUT2D eigenvalue weighted by Crippen LogP contribution is 2.17. The number of aromatic nitrogens is 3. The molecule has 0 N–H and O–H groups in total. The number of carbonyl (C=O) groups is 1. The summed E-state index contributed by atoms with van der Waals surface area (Å²) in [5.41, 5.74) is 1.10. The summed E-state index contributed by atoms with van der Waals surface area (Å²) < 4.78 is 12.3. The molecule has 1 aromatic carbocycles. The van der Waals surface area contributed by atoms with Gasteiger partial charge < -0.3 is 14.1 Å². The van der Waals surface area contributed by atoms with Crippen LogP contribution in [0.1, 0.15) is 6.42 Å². The third-order valence-electron chi connectivity index (χ3n) is 4.21. The second-order valence-corrected chi connectivity index (χ2v) is 5.84. The van der Waals surface area contributed by atoms with Crippen LogP contribution in [0.4, 0.5) is 0 Å². The van der Waals surface area contributed by atoms with Gasteiger partial charge in [0.15, 0.2) is 5.58 Å². The van der Waals surface area contributed by atoms with Gasteiger partial charge in [0.05, 0.1) is 12.1 Å². The van der Waals surface area contributed by atoms with Crippen LogP contribution in [0.2, 0.25) is 0 Å². The van der Waals surface area contributed by atoms with E-state index in [0.717, 1.165) is 6.42 Å². The van der Waals surface area contributed by atoms with Crippen LogP contribution in [0.25, 0.3) is 11.1 Å². The number of oxazole rings is 1. The molecule has 0 unspecified atom stereocenters. The fourth-order valence-corrected chi connectivity index (χ4v) is 2.97. The van der Waals surface area contributed by atoms with Crippen LogP contribution in [0.3, 0.4) is 0 Å². The summed E-state index contributed by atoms with van der Waals surface area (Å²) >= 11 is 0. The van der Waals surface area contributed by atoms with Gasteiger partial charge in [0.2, 0.25) is 11.8 Å². The Balaban J connectivity index is 1.43. The minimum Gasteiger partial charge on any atom is -0.472 e. The Kier molecular flexibility index (Phi) is 3.93. The average molecular weight is 340 g/mol. The molecule has 1 saturated heterocycles. The van der Waals surface area contributed by atoms with Crippen LogP contribution in [0.5, 0.6) is 5.88 Å². The van der Waals surface area contributed by atoms with Crippen LogP contribution < -0.4 is 10.5 Å². The number of hydrogen-bond donors (Lipinski definition) is 0. The Labute approximate surface area is 142 Å². The Morgan fingerprint density at radius 2 is 2.20 bits per heavy atom. The van der Waals surface area contributed by atoms with E-state index in [1.54, 1.807) is 41.4 Å². The van der Waals surface area contributed by atoms with Crippen molar-refractivity contribution in [2.75, 3.05) is 13.1 Å². The van der Waals surface area contributed by atoms with Crippen LogP contribution in [0.15, 0.2) is 52.1 Å². The Morgan fingerprint density at radius 1 is 1.32 bits per heavy atom. The zero-order chi connectivity index (χ0) is 17.2. The van der Waals surface area contributed by atoms with Gasteiger partial charge in [0, 0.05) is 25.2 Å². The lowest BCUT2D eigenvalue weighted by Gasteiger charge is -2.17. The molecular formula is C17H16N4O4. The lowest BCUT2D eigenvalue weighted by molar-refractivity contribution is -0.131. The van der Waals surface area contributed by atoms with E-state index < -0.39 is 5.76 Å². The molecule has 3 aromatic rings. The molecule has 2 aromatic heterocycles. The number of para-hydroxylation sites is 2. The SMILES string of the molecule is O=C(Cn1c(=O)oc2ccccc21)N1CC[C@@H](Oc2ccncn2)C1. The topological polar surface area (TPSA) is 90.5 Å². The van der Waals surface area contributed by atoms with Crippen LogP contribution in [0, 0.1) is 0 Å². The van der Waals surface area contributed by atoms with Gasteiger partial charge in [-0.05, 0) is 12.1 Å². The minimum absolute atomic E-state index is 0.0456. The number of fused-ring (bicyclic) bond motifs is 1. The first-order valence-electron chi connectivity index (χ1n) is 7.99. The lowest BCUT2D eigenvalue weighted by Crippen LogP contribution is -2.35. The summed E-state index contributed by atoms with van der Waals surface area (Å²) in [6.07, 6.45) is 3.63. The summed E-state index contributed by atoms with van der Waals surface area (Å²) in [4.78, 5) is 34.1. The second kappa shape index (κ2) is 6.39. The number of amides is 1. The van der Waals surface area contributed by atoms with Crippen molar-refractivity contribution in [3.63, 3.8) is 0 Å². The molecule has 0 spiro atoms. The van der Waals surface area contributed by atoms with E-state index in [4.69, 9.17) is 9.15 Å². The van der Waals surface area contributed by atoms with E-state index >= 15 is 0 Å². The van der Waals surface area contributed by atoms with Crippen molar-refractivity contribution in [3.8, 4) is 5.88 Å². The molecule has 4 rings (SSSR count). The average Bonchev–Trinajstić information content (AvgIpc) is 3.21. The highest BCUT2D eigenvalue weighted by Gasteiger charge is 2.28. The molecule has 1 aliphatic heterocycles. The van der Waals surface area contributed by atoms with Crippen LogP contribution >= 0.6 is 0 Å². The maximum absolute atomic E-state index is 12.5. The highest BCUT2D eigenvalue weighted by molar-refractivity contribution is 5.79. The Hall–Kier alpha value is -3.16. The van der Waals surface area contributed by atoms with Gasteiger partial charge in [-0.15, -0.1) is 0 Å². The van der Waals surface area contributed by atoms with Gasteiger partial charge in [-0.2, -0.15) is 0 Å². The molecule has 128 valence electrons. The molecular weight excluding hydrogens is 324 g/mol.